The van der Waals surface area contributed by atoms with Gasteiger partial charge in [0.25, 0.3) is 0 Å². The van der Waals surface area contributed by atoms with Gasteiger partial charge >= 0.3 is 0 Å². The molecule has 1 heterocycles. The second kappa shape index (κ2) is 7.31. The molecule has 0 fully saturated rings. The number of halogens is 1. The molecule has 2 aromatic carbocycles. The topological polar surface area (TPSA) is 60.5 Å². The van der Waals surface area contributed by atoms with Crippen LogP contribution in [0.1, 0.15) is 5.56 Å². The highest BCUT2D eigenvalue weighted by molar-refractivity contribution is 7.22. The van der Waals surface area contributed by atoms with Crippen LogP contribution >= 0.6 is 11.3 Å². The number of nitrogens with zero attached hydrogens (tertiary/aromatic N) is 1. The van der Waals surface area contributed by atoms with E-state index in [0.717, 1.165) is 5.56 Å². The maximum atomic E-state index is 13.2. The van der Waals surface area contributed by atoms with Crippen molar-refractivity contribution in [2.24, 2.45) is 0 Å². The molecule has 3 rings (SSSR count). The summed E-state index contributed by atoms with van der Waals surface area (Å²) in [6, 6.07) is 9.65. The van der Waals surface area contributed by atoms with Crippen molar-refractivity contribution in [2.75, 3.05) is 19.5 Å². The zero-order valence-electron chi connectivity index (χ0n) is 13.6. The first-order valence-corrected chi connectivity index (χ1v) is 8.18. The van der Waals surface area contributed by atoms with Gasteiger partial charge in [0.15, 0.2) is 16.6 Å². The molecule has 1 amide bonds. The predicted molar refractivity (Wildman–Crippen MR) is 96.8 cm³/mol. The molecule has 0 saturated carbocycles. The van der Waals surface area contributed by atoms with Crippen LogP contribution in [0.15, 0.2) is 42.5 Å². The van der Waals surface area contributed by atoms with Crippen molar-refractivity contribution in [3.63, 3.8) is 0 Å². The Morgan fingerprint density at radius 3 is 2.72 bits per heavy atom. The number of aromatic nitrogens is 1. The van der Waals surface area contributed by atoms with E-state index in [9.17, 15) is 9.18 Å². The van der Waals surface area contributed by atoms with E-state index < -0.39 is 0 Å². The lowest BCUT2D eigenvalue weighted by atomic mass is 10.2. The second-order valence-corrected chi connectivity index (χ2v) is 6.10. The number of carbonyl (C=O) groups is 1. The lowest BCUT2D eigenvalue weighted by Gasteiger charge is -2.07. The van der Waals surface area contributed by atoms with Crippen LogP contribution in [0.25, 0.3) is 16.3 Å². The zero-order valence-corrected chi connectivity index (χ0v) is 14.4. The monoisotopic (exact) mass is 358 g/mol. The molecule has 1 aromatic heterocycles. The number of anilines is 1. The first-order valence-electron chi connectivity index (χ1n) is 7.36. The van der Waals surface area contributed by atoms with Gasteiger partial charge in [0.1, 0.15) is 5.82 Å². The van der Waals surface area contributed by atoms with E-state index >= 15 is 0 Å². The number of amides is 1. The highest BCUT2D eigenvalue weighted by Crippen LogP contribution is 2.28. The van der Waals surface area contributed by atoms with Crippen LogP contribution in [0.4, 0.5) is 9.52 Å². The minimum Gasteiger partial charge on any atom is -0.493 e. The first kappa shape index (κ1) is 16.9. The van der Waals surface area contributed by atoms with Gasteiger partial charge in [-0.1, -0.05) is 17.4 Å². The van der Waals surface area contributed by atoms with E-state index in [1.54, 1.807) is 38.5 Å². The van der Waals surface area contributed by atoms with Crippen LogP contribution in [0, 0.1) is 5.82 Å². The third-order valence-corrected chi connectivity index (χ3v) is 4.35. The molecule has 7 heteroatoms. The Bertz CT molecular complexity index is 953. The van der Waals surface area contributed by atoms with E-state index in [1.165, 1.54) is 29.5 Å². The highest BCUT2D eigenvalue weighted by atomic mass is 32.1. The molecule has 0 aliphatic rings. The molecule has 0 atom stereocenters. The van der Waals surface area contributed by atoms with E-state index in [4.69, 9.17) is 9.47 Å². The van der Waals surface area contributed by atoms with E-state index in [-0.39, 0.29) is 11.7 Å². The first-order chi connectivity index (χ1) is 12.1. The number of thiazole rings is 1. The van der Waals surface area contributed by atoms with Crippen molar-refractivity contribution in [3.8, 4) is 11.5 Å². The highest BCUT2D eigenvalue weighted by Gasteiger charge is 2.07. The fraction of sp³-hybridized carbons (Fsp3) is 0.111. The van der Waals surface area contributed by atoms with Gasteiger partial charge in [-0.2, -0.15) is 0 Å². The lowest BCUT2D eigenvalue weighted by molar-refractivity contribution is -0.111. The van der Waals surface area contributed by atoms with Crippen LogP contribution in [-0.4, -0.2) is 25.1 Å². The zero-order chi connectivity index (χ0) is 17.8. The number of nitrogens with one attached hydrogen (secondary N) is 1. The second-order valence-electron chi connectivity index (χ2n) is 5.07. The van der Waals surface area contributed by atoms with Gasteiger partial charge in [-0.15, -0.1) is 0 Å². The molecule has 0 spiro atoms. The van der Waals surface area contributed by atoms with E-state index in [1.807, 2.05) is 6.07 Å². The molecule has 0 aliphatic carbocycles. The summed E-state index contributed by atoms with van der Waals surface area (Å²) >= 11 is 1.22. The molecule has 5 nitrogen and oxygen atoms in total. The molecular formula is C18H15FN2O3S. The average Bonchev–Trinajstić information content (AvgIpc) is 3.00. The molecule has 0 saturated heterocycles. The van der Waals surface area contributed by atoms with Crippen molar-refractivity contribution in [1.82, 2.24) is 4.98 Å². The van der Waals surface area contributed by atoms with E-state index in [0.29, 0.717) is 26.8 Å². The molecule has 3 aromatic rings. The van der Waals surface area contributed by atoms with Crippen molar-refractivity contribution >= 4 is 38.7 Å². The lowest BCUT2D eigenvalue weighted by Crippen LogP contribution is -2.07. The van der Waals surface area contributed by atoms with Gasteiger partial charge in [-0.25, -0.2) is 9.37 Å². The summed E-state index contributed by atoms with van der Waals surface area (Å²) in [4.78, 5) is 16.3. The molecule has 0 aliphatic heterocycles. The number of ether oxygens (including phenoxy) is 2. The van der Waals surface area contributed by atoms with Crippen LogP contribution in [0.5, 0.6) is 11.5 Å². The fourth-order valence-electron chi connectivity index (χ4n) is 2.23. The summed E-state index contributed by atoms with van der Waals surface area (Å²) in [6.07, 6.45) is 3.05. The smallest absolute Gasteiger partial charge is 0.250 e. The Labute approximate surface area is 147 Å². The summed E-state index contributed by atoms with van der Waals surface area (Å²) in [5.74, 6) is 0.542. The Morgan fingerprint density at radius 1 is 1.16 bits per heavy atom. The standard InChI is InChI=1S/C18H15FN2O3S/c1-23-14-7-3-11(9-15(14)24-2)4-8-17(22)21-18-20-13-6-5-12(19)10-16(13)25-18/h3-10H,1-2H3,(H,20,21,22)/b8-4+. The van der Waals surface area contributed by atoms with Gasteiger partial charge in [-0.05, 0) is 42.0 Å². The normalized spacial score (nSPS) is 11.0. The molecule has 25 heavy (non-hydrogen) atoms. The Morgan fingerprint density at radius 2 is 1.96 bits per heavy atom. The summed E-state index contributed by atoms with van der Waals surface area (Å²) < 4.78 is 24.3. The number of benzene rings is 2. The molecule has 128 valence electrons. The third kappa shape index (κ3) is 3.95. The van der Waals surface area contributed by atoms with Gasteiger partial charge in [0.05, 0.1) is 24.4 Å². The van der Waals surface area contributed by atoms with Gasteiger partial charge in [-0.3, -0.25) is 10.1 Å². The fourth-order valence-corrected chi connectivity index (χ4v) is 3.12. The molecule has 0 bridgehead atoms. The van der Waals surface area contributed by atoms with Crippen LogP contribution < -0.4 is 14.8 Å². The number of fused-ring (bicyclic) bond motifs is 1. The van der Waals surface area contributed by atoms with Crippen LogP contribution in [0.3, 0.4) is 0 Å². The summed E-state index contributed by atoms with van der Waals surface area (Å²) in [6.45, 7) is 0. The number of rotatable bonds is 5. The molecule has 0 radical (unpaired) electrons. The summed E-state index contributed by atoms with van der Waals surface area (Å²) in [5, 5.41) is 3.09. The maximum absolute atomic E-state index is 13.2. The largest absolute Gasteiger partial charge is 0.493 e. The van der Waals surface area contributed by atoms with Crippen molar-refractivity contribution in [3.05, 3.63) is 53.9 Å². The molecule has 1 N–H and O–H groups in total. The van der Waals surface area contributed by atoms with Gasteiger partial charge < -0.3 is 9.47 Å². The Kier molecular flexibility index (Phi) is 4.95. The quantitative estimate of drug-likeness (QED) is 0.698. The number of hydrogen-bond donors (Lipinski definition) is 1. The maximum Gasteiger partial charge on any atom is 0.250 e. The number of methoxy groups -OCH3 is 2. The predicted octanol–water partition coefficient (Wildman–Crippen LogP) is 4.10. The van der Waals surface area contributed by atoms with Gasteiger partial charge in [0.2, 0.25) is 5.91 Å². The third-order valence-electron chi connectivity index (χ3n) is 3.42. The molecule has 0 unspecified atom stereocenters. The Hall–Kier alpha value is -2.93. The average molecular weight is 358 g/mol. The SMILES string of the molecule is COc1ccc(/C=C/C(=O)Nc2nc3ccc(F)cc3s2)cc1OC. The Balaban J connectivity index is 1.71. The van der Waals surface area contributed by atoms with Crippen molar-refractivity contribution in [1.29, 1.82) is 0 Å². The number of carbonyl (C=O) groups excluding carboxylic acids is 1. The van der Waals surface area contributed by atoms with Crippen LogP contribution in [-0.2, 0) is 4.79 Å². The minimum atomic E-state index is -0.331. The summed E-state index contributed by atoms with van der Waals surface area (Å²) in [7, 11) is 3.11. The molecular weight excluding hydrogens is 343 g/mol. The summed E-state index contributed by atoms with van der Waals surface area (Å²) in [5.41, 5.74) is 1.43. The number of hydrogen-bond acceptors (Lipinski definition) is 5. The van der Waals surface area contributed by atoms with Crippen LogP contribution in [0.2, 0.25) is 0 Å². The van der Waals surface area contributed by atoms with E-state index in [2.05, 4.69) is 10.3 Å². The van der Waals surface area contributed by atoms with Crippen molar-refractivity contribution in [2.45, 2.75) is 0 Å². The van der Waals surface area contributed by atoms with Crippen molar-refractivity contribution < 1.29 is 18.7 Å². The van der Waals surface area contributed by atoms with Gasteiger partial charge in [0, 0.05) is 6.08 Å². The minimum absolute atomic E-state index is 0.325.